The van der Waals surface area contributed by atoms with Crippen LogP contribution in [0.5, 0.6) is 5.75 Å². The summed E-state index contributed by atoms with van der Waals surface area (Å²) in [6.45, 7) is 0.539. The number of carbonyl (C=O) groups excluding carboxylic acids is 1. The van der Waals surface area contributed by atoms with Crippen LogP contribution in [0.15, 0.2) is 18.2 Å². The number of fused-ring (bicyclic) bond motifs is 1. The molecule has 80 valence electrons. The highest BCUT2D eigenvalue weighted by atomic mass is 79.9. The minimum atomic E-state index is -3.50. The molecule has 0 saturated carbocycles. The number of rotatable bonds is 2. The third-order valence-electron chi connectivity index (χ3n) is 2.21. The van der Waals surface area contributed by atoms with Gasteiger partial charge in [0.1, 0.15) is 5.75 Å². The summed E-state index contributed by atoms with van der Waals surface area (Å²) in [5.41, 5.74) is 0.804. The van der Waals surface area contributed by atoms with Crippen molar-refractivity contribution in [2.45, 2.75) is 11.3 Å². The van der Waals surface area contributed by atoms with Crippen molar-refractivity contribution in [2.75, 3.05) is 6.61 Å². The van der Waals surface area contributed by atoms with Crippen molar-refractivity contribution in [3.05, 3.63) is 29.3 Å². The summed E-state index contributed by atoms with van der Waals surface area (Å²) >= 11 is 2.05. The van der Waals surface area contributed by atoms with E-state index in [2.05, 4.69) is 0 Å². The van der Waals surface area contributed by atoms with Crippen LogP contribution in [0.1, 0.15) is 15.9 Å². The molecule has 2 rings (SSSR count). The number of hydrogen-bond acceptors (Lipinski definition) is 2. The van der Waals surface area contributed by atoms with Crippen molar-refractivity contribution < 1.29 is 18.3 Å². The van der Waals surface area contributed by atoms with Crippen LogP contribution in [0.4, 0.5) is 8.78 Å². The van der Waals surface area contributed by atoms with E-state index in [1.807, 2.05) is 15.9 Å². The van der Waals surface area contributed by atoms with Gasteiger partial charge < -0.3 is 4.74 Å². The molecule has 5 heteroatoms. The molecular formula is C10H7BrF2O2. The maximum absolute atomic E-state index is 12.7. The topological polar surface area (TPSA) is 26.3 Å². The van der Waals surface area contributed by atoms with Crippen molar-refractivity contribution in [3.63, 3.8) is 0 Å². The molecule has 0 atom stereocenters. The van der Waals surface area contributed by atoms with Crippen molar-refractivity contribution in [2.24, 2.45) is 0 Å². The maximum atomic E-state index is 12.7. The molecule has 1 aliphatic heterocycles. The van der Waals surface area contributed by atoms with Crippen LogP contribution in [-0.4, -0.2) is 17.2 Å². The first kappa shape index (κ1) is 10.5. The molecular weight excluding hydrogens is 270 g/mol. The van der Waals surface area contributed by atoms with Gasteiger partial charge in [-0.25, -0.2) is 0 Å². The van der Waals surface area contributed by atoms with Gasteiger partial charge in [0, 0.05) is 12.0 Å². The predicted octanol–water partition coefficient (Wildman–Crippen LogP) is 2.79. The van der Waals surface area contributed by atoms with E-state index >= 15 is 0 Å². The van der Waals surface area contributed by atoms with E-state index < -0.39 is 10.6 Å². The number of hydrogen-bond donors (Lipinski definition) is 0. The average Bonchev–Trinajstić information content (AvgIpc) is 2.61. The quantitative estimate of drug-likeness (QED) is 0.613. The molecule has 0 amide bonds. The Balaban J connectivity index is 2.35. The van der Waals surface area contributed by atoms with Crippen molar-refractivity contribution in [3.8, 4) is 5.75 Å². The van der Waals surface area contributed by atoms with Gasteiger partial charge in [-0.05, 0) is 39.7 Å². The highest BCUT2D eigenvalue weighted by molar-refractivity contribution is 9.10. The fraction of sp³-hybridized carbons (Fsp3) is 0.300. The summed E-state index contributed by atoms with van der Waals surface area (Å²) in [7, 11) is 0. The van der Waals surface area contributed by atoms with E-state index in [0.717, 1.165) is 5.56 Å². The van der Waals surface area contributed by atoms with Gasteiger partial charge in [0.2, 0.25) is 5.78 Å². The number of Topliss-reactive ketones (excluding diaryl/α,β-unsaturated/α-hetero) is 1. The van der Waals surface area contributed by atoms with Crippen molar-refractivity contribution >= 4 is 21.7 Å². The lowest BCUT2D eigenvalue weighted by Crippen LogP contribution is -2.20. The van der Waals surface area contributed by atoms with E-state index in [9.17, 15) is 13.6 Å². The van der Waals surface area contributed by atoms with E-state index in [0.29, 0.717) is 18.8 Å². The van der Waals surface area contributed by atoms with Crippen molar-refractivity contribution in [1.82, 2.24) is 0 Å². The lowest BCUT2D eigenvalue weighted by Gasteiger charge is -2.07. The summed E-state index contributed by atoms with van der Waals surface area (Å²) in [5, 5.41) is 0. The lowest BCUT2D eigenvalue weighted by atomic mass is 10.1. The van der Waals surface area contributed by atoms with E-state index in [4.69, 9.17) is 4.74 Å². The normalized spacial score (nSPS) is 14.6. The van der Waals surface area contributed by atoms with Gasteiger partial charge in [-0.1, -0.05) is 0 Å². The second-order valence-corrected chi connectivity index (χ2v) is 4.24. The van der Waals surface area contributed by atoms with Gasteiger partial charge in [-0.15, -0.1) is 0 Å². The molecule has 0 bridgehead atoms. The molecule has 0 fully saturated rings. The Labute approximate surface area is 93.4 Å². The largest absolute Gasteiger partial charge is 0.493 e. The minimum Gasteiger partial charge on any atom is -0.493 e. The zero-order valence-corrected chi connectivity index (χ0v) is 9.18. The number of ether oxygens (including phenoxy) is 1. The highest BCUT2D eigenvalue weighted by Crippen LogP contribution is 2.31. The third kappa shape index (κ3) is 2.02. The van der Waals surface area contributed by atoms with E-state index in [1.165, 1.54) is 12.1 Å². The molecule has 15 heavy (non-hydrogen) atoms. The van der Waals surface area contributed by atoms with Gasteiger partial charge in [-0.3, -0.25) is 4.79 Å². The molecule has 0 aromatic heterocycles. The van der Waals surface area contributed by atoms with Crippen molar-refractivity contribution in [1.29, 1.82) is 0 Å². The standard InChI is InChI=1S/C10H7BrF2O2/c11-10(12,13)9(14)7-1-2-8-6(5-7)3-4-15-8/h1-2,5H,3-4H2. The zero-order chi connectivity index (χ0) is 11.1. The van der Waals surface area contributed by atoms with Crippen LogP contribution >= 0.6 is 15.9 Å². The van der Waals surface area contributed by atoms with Gasteiger partial charge in [0.25, 0.3) is 0 Å². The Morgan fingerprint density at radius 2 is 2.20 bits per heavy atom. The van der Waals surface area contributed by atoms with Crippen LogP contribution in [0, 0.1) is 0 Å². The van der Waals surface area contributed by atoms with Gasteiger partial charge >= 0.3 is 4.83 Å². The fourth-order valence-corrected chi connectivity index (χ4v) is 1.72. The minimum absolute atomic E-state index is 0.00104. The number of halogens is 3. The summed E-state index contributed by atoms with van der Waals surface area (Å²) in [6.07, 6.45) is 0.657. The van der Waals surface area contributed by atoms with Gasteiger partial charge in [0.05, 0.1) is 6.61 Å². The Kier molecular flexibility index (Phi) is 2.50. The zero-order valence-electron chi connectivity index (χ0n) is 7.60. The molecule has 1 heterocycles. The SMILES string of the molecule is O=C(c1ccc2c(c1)CCO2)C(F)(F)Br. The van der Waals surface area contributed by atoms with E-state index in [-0.39, 0.29) is 5.56 Å². The van der Waals surface area contributed by atoms with Gasteiger partial charge in [0.15, 0.2) is 0 Å². The lowest BCUT2D eigenvalue weighted by molar-refractivity contribution is 0.0592. The number of alkyl halides is 3. The third-order valence-corrected chi connectivity index (χ3v) is 2.57. The molecule has 0 N–H and O–H groups in total. The summed E-state index contributed by atoms with van der Waals surface area (Å²) in [4.78, 5) is 7.73. The second kappa shape index (κ2) is 3.56. The molecule has 0 aliphatic carbocycles. The number of carbonyl (C=O) groups is 1. The second-order valence-electron chi connectivity index (χ2n) is 3.25. The highest BCUT2D eigenvalue weighted by Gasteiger charge is 2.36. The monoisotopic (exact) mass is 276 g/mol. The molecule has 1 aromatic rings. The van der Waals surface area contributed by atoms with Gasteiger partial charge in [-0.2, -0.15) is 8.78 Å². The van der Waals surface area contributed by atoms with Crippen LogP contribution in [0.25, 0.3) is 0 Å². The Morgan fingerprint density at radius 3 is 2.87 bits per heavy atom. The Hall–Kier alpha value is -0.970. The molecule has 0 radical (unpaired) electrons. The Bertz CT molecular complexity index is 412. The smallest absolute Gasteiger partial charge is 0.363 e. The molecule has 1 aliphatic rings. The van der Waals surface area contributed by atoms with Crippen LogP contribution in [-0.2, 0) is 6.42 Å². The van der Waals surface area contributed by atoms with Crippen LogP contribution in [0.3, 0.4) is 0 Å². The first-order chi connectivity index (χ1) is 6.98. The van der Waals surface area contributed by atoms with Crippen LogP contribution < -0.4 is 4.74 Å². The first-order valence-electron chi connectivity index (χ1n) is 4.36. The summed E-state index contributed by atoms with van der Waals surface area (Å²) < 4.78 is 30.6. The molecule has 0 unspecified atom stereocenters. The van der Waals surface area contributed by atoms with E-state index in [1.54, 1.807) is 6.07 Å². The fourth-order valence-electron chi connectivity index (χ4n) is 1.49. The maximum Gasteiger partial charge on any atom is 0.363 e. The molecule has 0 spiro atoms. The first-order valence-corrected chi connectivity index (χ1v) is 5.15. The van der Waals surface area contributed by atoms with Crippen LogP contribution in [0.2, 0.25) is 0 Å². The molecule has 2 nitrogen and oxygen atoms in total. The average molecular weight is 277 g/mol. The number of benzene rings is 1. The number of ketones is 1. The Morgan fingerprint density at radius 1 is 1.47 bits per heavy atom. The summed E-state index contributed by atoms with van der Waals surface area (Å²) in [5.74, 6) is -0.554. The molecule has 1 aromatic carbocycles. The predicted molar refractivity (Wildman–Crippen MR) is 53.8 cm³/mol. The summed E-state index contributed by atoms with van der Waals surface area (Å²) in [6, 6.07) is 4.36. The molecule has 0 saturated heterocycles.